The Morgan fingerprint density at radius 2 is 1.48 bits per heavy atom. The highest BCUT2D eigenvalue weighted by atomic mass is 19.4. The SMILES string of the molecule is O=C(/C=C/Nc1cccc(C(F)(F)F)c1)c1ccc(-c2ccccc2)cc1. The maximum absolute atomic E-state index is 12.7. The molecule has 0 fully saturated rings. The smallest absolute Gasteiger partial charge is 0.362 e. The number of allylic oxidation sites excluding steroid dienone is 1. The number of halogens is 3. The van der Waals surface area contributed by atoms with Crippen molar-refractivity contribution in [1.29, 1.82) is 0 Å². The standard InChI is InChI=1S/C22H16F3NO/c23-22(24,25)19-7-4-8-20(15-19)26-14-13-21(27)18-11-9-17(10-12-18)16-5-2-1-3-6-16/h1-15,26H/b14-13+. The molecule has 0 radical (unpaired) electrons. The van der Waals surface area contributed by atoms with Crippen molar-refractivity contribution in [1.82, 2.24) is 0 Å². The van der Waals surface area contributed by atoms with Gasteiger partial charge in [-0.05, 0) is 29.3 Å². The third kappa shape index (κ3) is 4.85. The lowest BCUT2D eigenvalue weighted by Crippen LogP contribution is -2.05. The van der Waals surface area contributed by atoms with Gasteiger partial charge < -0.3 is 5.32 Å². The molecule has 5 heteroatoms. The Kier molecular flexibility index (Phi) is 5.41. The van der Waals surface area contributed by atoms with Gasteiger partial charge in [0.15, 0.2) is 5.78 Å². The van der Waals surface area contributed by atoms with Crippen molar-refractivity contribution >= 4 is 11.5 Å². The first-order valence-electron chi connectivity index (χ1n) is 8.24. The first-order valence-corrected chi connectivity index (χ1v) is 8.24. The van der Waals surface area contributed by atoms with Crippen molar-refractivity contribution in [3.8, 4) is 11.1 Å². The van der Waals surface area contributed by atoms with Crippen LogP contribution in [0.2, 0.25) is 0 Å². The summed E-state index contributed by atoms with van der Waals surface area (Å²) in [4.78, 5) is 12.2. The van der Waals surface area contributed by atoms with Crippen LogP contribution in [0.4, 0.5) is 18.9 Å². The highest BCUT2D eigenvalue weighted by Gasteiger charge is 2.30. The van der Waals surface area contributed by atoms with Crippen LogP contribution in [0, 0.1) is 0 Å². The van der Waals surface area contributed by atoms with Gasteiger partial charge in [0.2, 0.25) is 0 Å². The fourth-order valence-electron chi connectivity index (χ4n) is 2.55. The van der Waals surface area contributed by atoms with Gasteiger partial charge in [-0.25, -0.2) is 0 Å². The number of benzene rings is 3. The minimum Gasteiger partial charge on any atom is -0.362 e. The average Bonchev–Trinajstić information content (AvgIpc) is 2.68. The van der Waals surface area contributed by atoms with Crippen LogP contribution in [0.25, 0.3) is 11.1 Å². The summed E-state index contributed by atoms with van der Waals surface area (Å²) in [6, 6.07) is 21.7. The van der Waals surface area contributed by atoms with E-state index in [1.165, 1.54) is 24.4 Å². The van der Waals surface area contributed by atoms with Gasteiger partial charge in [-0.2, -0.15) is 13.2 Å². The Hall–Kier alpha value is -3.34. The number of rotatable bonds is 5. The van der Waals surface area contributed by atoms with Crippen molar-refractivity contribution in [3.63, 3.8) is 0 Å². The summed E-state index contributed by atoms with van der Waals surface area (Å²) < 4.78 is 38.1. The quantitative estimate of drug-likeness (QED) is 0.431. The highest BCUT2D eigenvalue weighted by molar-refractivity contribution is 6.04. The summed E-state index contributed by atoms with van der Waals surface area (Å²) in [5, 5.41) is 2.69. The van der Waals surface area contributed by atoms with Gasteiger partial charge in [0, 0.05) is 23.5 Å². The molecule has 0 aliphatic heterocycles. The number of ketones is 1. The summed E-state index contributed by atoms with van der Waals surface area (Å²) in [7, 11) is 0. The minimum absolute atomic E-state index is 0.242. The molecule has 3 rings (SSSR count). The molecule has 0 aromatic heterocycles. The third-order valence-corrected chi connectivity index (χ3v) is 3.95. The normalized spacial score (nSPS) is 11.5. The van der Waals surface area contributed by atoms with Crippen LogP contribution in [0.15, 0.2) is 91.1 Å². The lowest BCUT2D eigenvalue weighted by Gasteiger charge is -2.08. The van der Waals surface area contributed by atoms with Crippen molar-refractivity contribution in [2.75, 3.05) is 5.32 Å². The van der Waals surface area contributed by atoms with Crippen LogP contribution in [0.5, 0.6) is 0 Å². The van der Waals surface area contributed by atoms with Gasteiger partial charge in [-0.3, -0.25) is 4.79 Å². The number of hydrogen-bond donors (Lipinski definition) is 1. The average molecular weight is 367 g/mol. The second kappa shape index (κ2) is 7.91. The highest BCUT2D eigenvalue weighted by Crippen LogP contribution is 2.30. The molecule has 0 saturated carbocycles. The molecule has 136 valence electrons. The minimum atomic E-state index is -4.41. The Balaban J connectivity index is 1.65. The molecular formula is C22H16F3NO. The fourth-order valence-corrected chi connectivity index (χ4v) is 2.55. The Labute approximate surface area is 155 Å². The zero-order valence-corrected chi connectivity index (χ0v) is 14.2. The van der Waals surface area contributed by atoms with Gasteiger partial charge in [-0.1, -0.05) is 60.7 Å². The summed E-state index contributed by atoms with van der Waals surface area (Å²) in [5.74, 6) is -0.242. The molecule has 2 nitrogen and oxygen atoms in total. The summed E-state index contributed by atoms with van der Waals surface area (Å²) in [5.41, 5.74) is 2.06. The van der Waals surface area contributed by atoms with E-state index in [2.05, 4.69) is 5.32 Å². The van der Waals surface area contributed by atoms with E-state index in [1.54, 1.807) is 12.1 Å². The summed E-state index contributed by atoms with van der Waals surface area (Å²) >= 11 is 0. The number of anilines is 1. The fraction of sp³-hybridized carbons (Fsp3) is 0.0455. The molecule has 0 heterocycles. The largest absolute Gasteiger partial charge is 0.416 e. The topological polar surface area (TPSA) is 29.1 Å². The Morgan fingerprint density at radius 3 is 2.15 bits per heavy atom. The number of hydrogen-bond acceptors (Lipinski definition) is 2. The molecule has 0 spiro atoms. The number of carbonyl (C=O) groups is 1. The van der Waals surface area contributed by atoms with E-state index in [9.17, 15) is 18.0 Å². The monoisotopic (exact) mass is 367 g/mol. The van der Waals surface area contributed by atoms with Crippen molar-refractivity contribution in [2.24, 2.45) is 0 Å². The van der Waals surface area contributed by atoms with Gasteiger partial charge in [-0.15, -0.1) is 0 Å². The number of carbonyl (C=O) groups excluding carboxylic acids is 1. The molecule has 27 heavy (non-hydrogen) atoms. The van der Waals surface area contributed by atoms with E-state index in [1.807, 2.05) is 42.5 Å². The van der Waals surface area contributed by atoms with Crippen molar-refractivity contribution in [3.05, 3.63) is 102 Å². The van der Waals surface area contributed by atoms with E-state index in [4.69, 9.17) is 0 Å². The van der Waals surface area contributed by atoms with E-state index in [-0.39, 0.29) is 11.5 Å². The van der Waals surface area contributed by atoms with Gasteiger partial charge in [0.1, 0.15) is 0 Å². The molecule has 0 amide bonds. The van der Waals surface area contributed by atoms with Crippen molar-refractivity contribution in [2.45, 2.75) is 6.18 Å². The second-order valence-electron chi connectivity index (χ2n) is 5.86. The molecule has 0 aliphatic carbocycles. The van der Waals surface area contributed by atoms with E-state index in [0.29, 0.717) is 5.56 Å². The molecule has 3 aromatic carbocycles. The molecule has 0 saturated heterocycles. The summed E-state index contributed by atoms with van der Waals surface area (Å²) in [6.45, 7) is 0. The van der Waals surface area contributed by atoms with Crippen LogP contribution >= 0.6 is 0 Å². The van der Waals surface area contributed by atoms with Crippen LogP contribution in [0.3, 0.4) is 0 Å². The van der Waals surface area contributed by atoms with Crippen LogP contribution in [0.1, 0.15) is 15.9 Å². The van der Waals surface area contributed by atoms with Crippen LogP contribution in [-0.4, -0.2) is 5.78 Å². The Morgan fingerprint density at radius 1 is 0.815 bits per heavy atom. The van der Waals surface area contributed by atoms with Gasteiger partial charge in [0.25, 0.3) is 0 Å². The predicted molar refractivity (Wildman–Crippen MR) is 100 cm³/mol. The van der Waals surface area contributed by atoms with Gasteiger partial charge in [0.05, 0.1) is 5.56 Å². The van der Waals surface area contributed by atoms with Crippen molar-refractivity contribution < 1.29 is 18.0 Å². The molecule has 0 bridgehead atoms. The maximum Gasteiger partial charge on any atom is 0.416 e. The number of alkyl halides is 3. The molecule has 0 unspecified atom stereocenters. The zero-order chi connectivity index (χ0) is 19.3. The maximum atomic E-state index is 12.7. The lowest BCUT2D eigenvalue weighted by molar-refractivity contribution is -0.137. The molecule has 3 aromatic rings. The molecule has 1 N–H and O–H groups in total. The van der Waals surface area contributed by atoms with Crippen LogP contribution in [-0.2, 0) is 6.18 Å². The van der Waals surface area contributed by atoms with E-state index >= 15 is 0 Å². The van der Waals surface area contributed by atoms with E-state index < -0.39 is 11.7 Å². The number of nitrogens with one attached hydrogen (secondary N) is 1. The zero-order valence-electron chi connectivity index (χ0n) is 14.2. The third-order valence-electron chi connectivity index (χ3n) is 3.95. The molecule has 0 aliphatic rings. The first-order chi connectivity index (χ1) is 12.9. The second-order valence-corrected chi connectivity index (χ2v) is 5.86. The Bertz CT molecular complexity index is 945. The van der Waals surface area contributed by atoms with E-state index in [0.717, 1.165) is 23.3 Å². The van der Waals surface area contributed by atoms with Crippen LogP contribution < -0.4 is 5.32 Å². The predicted octanol–water partition coefficient (Wildman–Crippen LogP) is 6.18. The lowest BCUT2D eigenvalue weighted by atomic mass is 10.0. The first kappa shape index (κ1) is 18.5. The molecule has 0 atom stereocenters. The summed E-state index contributed by atoms with van der Waals surface area (Å²) in [6.07, 6.45) is -1.78. The van der Waals surface area contributed by atoms with Gasteiger partial charge >= 0.3 is 6.18 Å². The molecular weight excluding hydrogens is 351 g/mol.